The second-order valence-electron chi connectivity index (χ2n) is 14.9. The molecule has 0 aliphatic heterocycles. The molecule has 0 spiro atoms. The predicted molar refractivity (Wildman–Crippen MR) is 142 cm³/mol. The lowest BCUT2D eigenvalue weighted by Gasteiger charge is -2.69. The number of allylic oxidation sites excluding steroid dienone is 2. The third kappa shape index (κ3) is 3.23. The van der Waals surface area contributed by atoms with Crippen LogP contribution in [0.1, 0.15) is 99.3 Å². The van der Waals surface area contributed by atoms with Gasteiger partial charge in [-0.2, -0.15) is 0 Å². The summed E-state index contributed by atoms with van der Waals surface area (Å²) in [5, 5.41) is 23.9. The fourth-order valence-electron chi connectivity index (χ4n) is 10.6. The van der Waals surface area contributed by atoms with Crippen LogP contribution in [0.4, 0.5) is 0 Å². The first-order chi connectivity index (χ1) is 17.2. The number of aliphatic hydroxyl groups excluding tert-OH is 1. The van der Waals surface area contributed by atoms with Crippen molar-refractivity contribution in [2.45, 2.75) is 99.3 Å². The van der Waals surface area contributed by atoms with Crippen LogP contribution in [0.15, 0.2) is 16.8 Å². The maximum absolute atomic E-state index is 14.4. The van der Waals surface area contributed by atoms with Crippen LogP contribution in [0.3, 0.4) is 0 Å². The largest absolute Gasteiger partial charge is 0.469 e. The Kier molecular flexibility index (Phi) is 5.93. The molecule has 0 bridgehead atoms. The molecule has 8 atom stereocenters. The molecule has 6 heteroatoms. The number of fused-ring (bicyclic) bond motifs is 7. The van der Waals surface area contributed by atoms with Crippen molar-refractivity contribution in [3.05, 3.63) is 11.6 Å². The smallest absolute Gasteiger partial charge is 0.312 e. The number of carbonyl (C=O) groups is 2. The minimum atomic E-state index is -0.606. The number of esters is 1. The molecular formula is C31H47NO5. The van der Waals surface area contributed by atoms with Gasteiger partial charge >= 0.3 is 5.97 Å². The first-order valence-corrected chi connectivity index (χ1v) is 14.4. The van der Waals surface area contributed by atoms with Gasteiger partial charge in [-0.3, -0.25) is 9.59 Å². The van der Waals surface area contributed by atoms with E-state index >= 15 is 0 Å². The van der Waals surface area contributed by atoms with E-state index in [1.165, 1.54) is 12.7 Å². The van der Waals surface area contributed by atoms with Gasteiger partial charge in [0.2, 0.25) is 0 Å². The minimum Gasteiger partial charge on any atom is -0.469 e. The summed E-state index contributed by atoms with van der Waals surface area (Å²) in [6.07, 6.45) is 9.49. The van der Waals surface area contributed by atoms with E-state index in [1.807, 2.05) is 13.0 Å². The van der Waals surface area contributed by atoms with E-state index in [4.69, 9.17) is 4.74 Å². The number of aliphatic hydroxyl groups is 1. The third-order valence-electron chi connectivity index (χ3n) is 13.0. The van der Waals surface area contributed by atoms with Crippen LogP contribution in [0.5, 0.6) is 0 Å². The highest BCUT2D eigenvalue weighted by atomic mass is 16.5. The summed E-state index contributed by atoms with van der Waals surface area (Å²) in [4.78, 5) is 27.8. The molecule has 0 heterocycles. The molecule has 0 unspecified atom stereocenters. The zero-order valence-electron chi connectivity index (χ0n) is 23.9. The molecule has 206 valence electrons. The van der Waals surface area contributed by atoms with Gasteiger partial charge in [-0.15, -0.1) is 0 Å². The van der Waals surface area contributed by atoms with Crippen molar-refractivity contribution in [3.8, 4) is 0 Å². The summed E-state index contributed by atoms with van der Waals surface area (Å²) < 4.78 is 5.42. The number of oxime groups is 1. The third-order valence-corrected chi connectivity index (χ3v) is 13.0. The van der Waals surface area contributed by atoms with Crippen LogP contribution in [-0.2, 0) is 14.3 Å². The Balaban J connectivity index is 1.65. The molecule has 4 fully saturated rings. The summed E-state index contributed by atoms with van der Waals surface area (Å²) in [6.45, 7) is 13.5. The van der Waals surface area contributed by atoms with Gasteiger partial charge < -0.3 is 15.1 Å². The molecule has 4 saturated carbocycles. The van der Waals surface area contributed by atoms with E-state index in [-0.39, 0.29) is 57.8 Å². The molecule has 0 aromatic heterocycles. The van der Waals surface area contributed by atoms with E-state index in [9.17, 15) is 19.9 Å². The van der Waals surface area contributed by atoms with Crippen molar-refractivity contribution in [1.82, 2.24) is 0 Å². The zero-order chi connectivity index (χ0) is 27.2. The molecule has 6 nitrogen and oxygen atoms in total. The monoisotopic (exact) mass is 513 g/mol. The number of ketones is 1. The highest BCUT2D eigenvalue weighted by Crippen LogP contribution is 2.75. The first-order valence-electron chi connectivity index (χ1n) is 14.4. The molecule has 0 amide bonds. The summed E-state index contributed by atoms with van der Waals surface area (Å²) in [5.41, 5.74) is 0.135. The molecule has 0 saturated heterocycles. The number of methoxy groups -OCH3 is 1. The van der Waals surface area contributed by atoms with E-state index in [0.29, 0.717) is 12.1 Å². The summed E-state index contributed by atoms with van der Waals surface area (Å²) >= 11 is 0. The number of rotatable bonds is 2. The molecule has 0 aromatic carbocycles. The van der Waals surface area contributed by atoms with Crippen LogP contribution in [0, 0.1) is 50.2 Å². The van der Waals surface area contributed by atoms with Gasteiger partial charge in [-0.25, -0.2) is 0 Å². The quantitative estimate of drug-likeness (QED) is 0.270. The lowest BCUT2D eigenvalue weighted by atomic mass is 9.34. The molecule has 0 aromatic rings. The predicted octanol–water partition coefficient (Wildman–Crippen LogP) is 5.94. The maximum Gasteiger partial charge on any atom is 0.312 e. The van der Waals surface area contributed by atoms with Crippen molar-refractivity contribution >= 4 is 17.5 Å². The minimum absolute atomic E-state index is 0.0164. The molecule has 2 N–H and O–H groups in total. The fourth-order valence-corrected chi connectivity index (χ4v) is 10.6. The van der Waals surface area contributed by atoms with Gasteiger partial charge in [-0.1, -0.05) is 52.3 Å². The lowest BCUT2D eigenvalue weighted by molar-refractivity contribution is -0.192. The Bertz CT molecular complexity index is 1080. The number of hydrogen-bond acceptors (Lipinski definition) is 6. The zero-order valence-corrected chi connectivity index (χ0v) is 23.9. The van der Waals surface area contributed by atoms with Crippen molar-refractivity contribution in [3.63, 3.8) is 0 Å². The highest BCUT2D eigenvalue weighted by Gasteiger charge is 2.71. The second-order valence-corrected chi connectivity index (χ2v) is 14.9. The van der Waals surface area contributed by atoms with Crippen LogP contribution >= 0.6 is 0 Å². The van der Waals surface area contributed by atoms with Crippen LogP contribution in [-0.4, -0.2) is 41.5 Å². The van der Waals surface area contributed by atoms with Gasteiger partial charge in [-0.05, 0) is 97.4 Å². The van der Waals surface area contributed by atoms with Gasteiger partial charge in [0.05, 0.1) is 24.8 Å². The maximum atomic E-state index is 14.4. The molecular weight excluding hydrogens is 466 g/mol. The lowest BCUT2D eigenvalue weighted by Crippen LogP contribution is -2.66. The average Bonchev–Trinajstić information content (AvgIpc) is 2.84. The number of ether oxygens (including phenoxy) is 1. The van der Waals surface area contributed by atoms with E-state index < -0.39 is 10.8 Å². The van der Waals surface area contributed by atoms with Crippen LogP contribution < -0.4 is 0 Å². The molecule has 5 aliphatic carbocycles. The van der Waals surface area contributed by atoms with Crippen molar-refractivity contribution in [1.29, 1.82) is 0 Å². The van der Waals surface area contributed by atoms with Crippen LogP contribution in [0.25, 0.3) is 0 Å². The van der Waals surface area contributed by atoms with E-state index in [0.717, 1.165) is 51.4 Å². The molecule has 5 aliphatic rings. The van der Waals surface area contributed by atoms with Gasteiger partial charge in [0.1, 0.15) is 0 Å². The normalized spacial score (nSPS) is 49.7. The average molecular weight is 514 g/mol. The van der Waals surface area contributed by atoms with Crippen LogP contribution in [0.2, 0.25) is 0 Å². The molecule has 0 radical (unpaired) electrons. The number of hydrogen-bond donors (Lipinski definition) is 2. The van der Waals surface area contributed by atoms with Gasteiger partial charge in [0, 0.05) is 11.3 Å². The van der Waals surface area contributed by atoms with Crippen molar-refractivity contribution < 1.29 is 24.6 Å². The fraction of sp³-hybridized carbons (Fsp3) is 0.839. The Hall–Kier alpha value is -1.69. The van der Waals surface area contributed by atoms with E-state index in [2.05, 4.69) is 39.8 Å². The Labute approximate surface area is 222 Å². The standard InChI is InChI=1S/C31H47NO5/c1-26(2)12-14-31(25(35)37-7)15-13-30(6)24(19(31)17-26)20(34)16-22-27(3)10-9-23(32-36)28(4,18-33)21(27)8-11-29(22,30)5/h16,19,21,24,33,36H,8-15,17-18H2,1-7H3/b32-23+/t19-,21+,24-,27-,28+,29+,30+,31-/m0/s1. The van der Waals surface area contributed by atoms with Gasteiger partial charge in [0.25, 0.3) is 0 Å². The Morgan fingerprint density at radius 2 is 1.73 bits per heavy atom. The Morgan fingerprint density at radius 3 is 2.35 bits per heavy atom. The van der Waals surface area contributed by atoms with Gasteiger partial charge in [0.15, 0.2) is 5.78 Å². The van der Waals surface area contributed by atoms with E-state index in [1.54, 1.807) is 0 Å². The highest BCUT2D eigenvalue weighted by molar-refractivity contribution is 5.97. The Morgan fingerprint density at radius 1 is 1.05 bits per heavy atom. The number of carbonyl (C=O) groups excluding carboxylic acids is 2. The topological polar surface area (TPSA) is 96.2 Å². The first kappa shape index (κ1) is 26.9. The SMILES string of the molecule is COC(=O)[C@]12CCC(C)(C)C[C@H]1[C@H]1C(=O)C=C3[C@@]4(C)CC/C(=N\O)[C@](C)(CO)[C@@H]4CC[C@@]3(C)[C@]1(C)CC2. The molecule has 5 rings (SSSR count). The summed E-state index contributed by atoms with van der Waals surface area (Å²) in [6, 6.07) is 0. The number of nitrogens with zero attached hydrogens (tertiary/aromatic N) is 1. The summed E-state index contributed by atoms with van der Waals surface area (Å²) in [5.74, 6) is -0.0584. The van der Waals surface area contributed by atoms with Crippen molar-refractivity contribution in [2.24, 2.45) is 55.4 Å². The van der Waals surface area contributed by atoms with Crippen molar-refractivity contribution in [2.75, 3.05) is 13.7 Å². The summed E-state index contributed by atoms with van der Waals surface area (Å²) in [7, 11) is 1.50. The molecule has 37 heavy (non-hydrogen) atoms. The second kappa shape index (κ2) is 8.16.